The van der Waals surface area contributed by atoms with E-state index in [1.165, 1.54) is 43.3 Å². The lowest BCUT2D eigenvalue weighted by Crippen LogP contribution is -2.15. The molecule has 3 N–H and O–H groups in total. The number of aliphatic hydroxyl groups is 1. The van der Waals surface area contributed by atoms with Gasteiger partial charge in [0.2, 0.25) is 5.82 Å². The Morgan fingerprint density at radius 2 is 1.94 bits per heavy atom. The highest BCUT2D eigenvalue weighted by Gasteiger charge is 2.34. The van der Waals surface area contributed by atoms with Crippen LogP contribution in [0.15, 0.2) is 36.5 Å². The van der Waals surface area contributed by atoms with Crippen LogP contribution in [0.2, 0.25) is 0 Å². The monoisotopic (exact) mass is 503 g/mol. The predicted octanol–water partition coefficient (Wildman–Crippen LogP) is 5.02. The summed E-state index contributed by atoms with van der Waals surface area (Å²) >= 11 is 0. The van der Waals surface area contributed by atoms with Crippen molar-refractivity contribution in [1.29, 1.82) is 0 Å². The maximum absolute atomic E-state index is 13.7. The second-order valence-corrected chi connectivity index (χ2v) is 8.84. The van der Waals surface area contributed by atoms with E-state index in [1.807, 2.05) is 0 Å². The van der Waals surface area contributed by atoms with Crippen LogP contribution in [-0.2, 0) is 12.6 Å². The molecule has 36 heavy (non-hydrogen) atoms. The number of carbonyl (C=O) groups is 1. The summed E-state index contributed by atoms with van der Waals surface area (Å²) in [6, 6.07) is 6.35. The number of unbranched alkanes of at least 4 members (excludes halogenated alkanes) is 1. The molecule has 1 saturated carbocycles. The summed E-state index contributed by atoms with van der Waals surface area (Å²) < 4.78 is 46.7. The van der Waals surface area contributed by atoms with Gasteiger partial charge < -0.3 is 20.1 Å². The van der Waals surface area contributed by atoms with Gasteiger partial charge in [-0.15, -0.1) is 10.2 Å². The number of H-pyrrole nitrogens is 1. The van der Waals surface area contributed by atoms with Crippen LogP contribution in [0.3, 0.4) is 0 Å². The summed E-state index contributed by atoms with van der Waals surface area (Å²) in [5.41, 5.74) is -0.716. The van der Waals surface area contributed by atoms with Gasteiger partial charge in [-0.2, -0.15) is 13.2 Å². The lowest BCUT2D eigenvalue weighted by atomic mass is 9.99. The quantitative estimate of drug-likeness (QED) is 0.335. The molecule has 192 valence electrons. The van der Waals surface area contributed by atoms with E-state index in [9.17, 15) is 18.0 Å². The Bertz CT molecular complexity index is 1180. The first-order valence-electron chi connectivity index (χ1n) is 12.0. The lowest BCUT2D eigenvalue weighted by Gasteiger charge is -2.16. The molecule has 3 aromatic rings. The number of hydrogen-bond donors (Lipinski definition) is 3. The van der Waals surface area contributed by atoms with Crippen LogP contribution >= 0.6 is 0 Å². The van der Waals surface area contributed by atoms with Gasteiger partial charge in [-0.1, -0.05) is 25.7 Å². The van der Waals surface area contributed by atoms with Crippen LogP contribution in [0, 0.1) is 5.92 Å². The molecule has 1 fully saturated rings. The van der Waals surface area contributed by atoms with Crippen LogP contribution in [-0.4, -0.2) is 44.4 Å². The van der Waals surface area contributed by atoms with Crippen molar-refractivity contribution >= 4 is 11.7 Å². The molecule has 0 atom stereocenters. The van der Waals surface area contributed by atoms with Crippen molar-refractivity contribution in [3.63, 3.8) is 0 Å². The lowest BCUT2D eigenvalue weighted by molar-refractivity contribution is -0.137. The normalized spacial score (nSPS) is 14.2. The number of pyridine rings is 1. The van der Waals surface area contributed by atoms with Crippen molar-refractivity contribution in [2.45, 2.75) is 51.1 Å². The number of anilines is 1. The number of aromatic amines is 1. The molecule has 8 nitrogen and oxygen atoms in total. The Balaban J connectivity index is 1.51. The molecule has 1 aliphatic carbocycles. The van der Waals surface area contributed by atoms with Crippen molar-refractivity contribution in [3.8, 4) is 16.9 Å². The first-order chi connectivity index (χ1) is 17.3. The standard InChI is InChI=1S/C25H28F3N5O3/c26-25(27,28)20-8-7-18(36-12-4-3-11-34)15-19(20)17-9-10-29-21(14-17)31-24(35)23-30-22(32-33-23)13-16-5-1-2-6-16/h7-10,14-16,34H,1-6,11-13H2,(H,29,31,35)(H,30,32,33). The van der Waals surface area contributed by atoms with E-state index in [-0.39, 0.29) is 41.7 Å². The van der Waals surface area contributed by atoms with Gasteiger partial charge >= 0.3 is 6.18 Å². The summed E-state index contributed by atoms with van der Waals surface area (Å²) in [5.74, 6) is 0.957. The Morgan fingerprint density at radius 3 is 2.69 bits per heavy atom. The van der Waals surface area contributed by atoms with Crippen LogP contribution in [0.25, 0.3) is 11.1 Å². The zero-order valence-electron chi connectivity index (χ0n) is 19.6. The van der Waals surface area contributed by atoms with Gasteiger partial charge in [0.1, 0.15) is 17.4 Å². The smallest absolute Gasteiger partial charge is 0.417 e. The molecule has 0 saturated heterocycles. The molecule has 0 bridgehead atoms. The number of nitrogens with one attached hydrogen (secondary N) is 2. The zero-order valence-corrected chi connectivity index (χ0v) is 19.6. The highest BCUT2D eigenvalue weighted by atomic mass is 19.4. The van der Waals surface area contributed by atoms with Crippen molar-refractivity contribution in [3.05, 3.63) is 53.7 Å². The minimum absolute atomic E-state index is 0.0169. The van der Waals surface area contributed by atoms with Gasteiger partial charge in [0.05, 0.1) is 12.2 Å². The zero-order chi connectivity index (χ0) is 25.5. The van der Waals surface area contributed by atoms with Crippen LogP contribution in [0.4, 0.5) is 19.0 Å². The minimum Gasteiger partial charge on any atom is -0.494 e. The largest absolute Gasteiger partial charge is 0.494 e. The summed E-state index contributed by atoms with van der Waals surface area (Å²) in [6.45, 7) is 0.284. The number of aromatic nitrogens is 4. The SMILES string of the molecule is O=C(Nc1cc(-c2cc(OCCCCO)ccc2C(F)(F)F)ccn1)c1nnc(CC2CCCC2)[nH]1. The number of nitrogens with zero attached hydrogens (tertiary/aromatic N) is 3. The molecule has 2 heterocycles. The molecule has 0 radical (unpaired) electrons. The fourth-order valence-electron chi connectivity index (χ4n) is 4.32. The third kappa shape index (κ3) is 6.60. The molecular formula is C25H28F3N5O3. The number of aliphatic hydroxyl groups excluding tert-OH is 1. The molecular weight excluding hydrogens is 475 g/mol. The second kappa shape index (κ2) is 11.5. The van der Waals surface area contributed by atoms with E-state index in [0.717, 1.165) is 25.3 Å². The van der Waals surface area contributed by atoms with E-state index in [0.29, 0.717) is 24.6 Å². The van der Waals surface area contributed by atoms with Crippen molar-refractivity contribution in [2.75, 3.05) is 18.5 Å². The van der Waals surface area contributed by atoms with Crippen molar-refractivity contribution in [2.24, 2.45) is 5.92 Å². The van der Waals surface area contributed by atoms with Gasteiger partial charge in [0.15, 0.2) is 0 Å². The number of benzene rings is 1. The van der Waals surface area contributed by atoms with Gasteiger partial charge in [-0.05, 0) is 60.2 Å². The number of ether oxygens (including phenoxy) is 1. The molecule has 11 heteroatoms. The third-order valence-corrected chi connectivity index (χ3v) is 6.14. The molecule has 2 aromatic heterocycles. The van der Waals surface area contributed by atoms with E-state index in [4.69, 9.17) is 9.84 Å². The van der Waals surface area contributed by atoms with E-state index < -0.39 is 17.6 Å². The van der Waals surface area contributed by atoms with Crippen LogP contribution < -0.4 is 10.1 Å². The number of alkyl halides is 3. The fraction of sp³-hybridized carbons (Fsp3) is 0.440. The van der Waals surface area contributed by atoms with Gasteiger partial charge in [0.25, 0.3) is 5.91 Å². The fourth-order valence-corrected chi connectivity index (χ4v) is 4.32. The Kier molecular flexibility index (Phi) is 8.19. The first-order valence-corrected chi connectivity index (χ1v) is 12.0. The number of rotatable bonds is 10. The topological polar surface area (TPSA) is 113 Å². The number of hydrogen-bond acceptors (Lipinski definition) is 6. The highest BCUT2D eigenvalue weighted by Crippen LogP contribution is 2.39. The van der Waals surface area contributed by atoms with Crippen LogP contribution in [0.1, 0.15) is 60.5 Å². The van der Waals surface area contributed by atoms with Gasteiger partial charge in [-0.3, -0.25) is 4.79 Å². The van der Waals surface area contributed by atoms with E-state index in [1.54, 1.807) is 0 Å². The molecule has 1 amide bonds. The molecule has 4 rings (SSSR count). The Labute approximate surface area is 206 Å². The predicted molar refractivity (Wildman–Crippen MR) is 126 cm³/mol. The Hall–Kier alpha value is -3.47. The first kappa shape index (κ1) is 25.6. The third-order valence-electron chi connectivity index (χ3n) is 6.14. The second-order valence-electron chi connectivity index (χ2n) is 8.84. The number of amides is 1. The Morgan fingerprint density at radius 1 is 1.14 bits per heavy atom. The van der Waals surface area contributed by atoms with Crippen molar-refractivity contribution < 1.29 is 27.8 Å². The average Bonchev–Trinajstić information content (AvgIpc) is 3.54. The average molecular weight is 504 g/mol. The number of halogens is 3. The summed E-state index contributed by atoms with van der Waals surface area (Å²) in [6.07, 6.45) is 3.23. The molecule has 0 spiro atoms. The number of carbonyl (C=O) groups excluding carboxylic acids is 1. The summed E-state index contributed by atoms with van der Waals surface area (Å²) in [4.78, 5) is 19.7. The maximum atomic E-state index is 13.7. The molecule has 0 aliphatic heterocycles. The van der Waals surface area contributed by atoms with E-state index in [2.05, 4.69) is 25.5 Å². The summed E-state index contributed by atoms with van der Waals surface area (Å²) in [5, 5.41) is 19.4. The van der Waals surface area contributed by atoms with Gasteiger partial charge in [0, 0.05) is 19.2 Å². The minimum atomic E-state index is -4.59. The summed E-state index contributed by atoms with van der Waals surface area (Å²) in [7, 11) is 0. The molecule has 0 unspecified atom stereocenters. The van der Waals surface area contributed by atoms with Crippen molar-refractivity contribution in [1.82, 2.24) is 20.2 Å². The van der Waals surface area contributed by atoms with Crippen LogP contribution in [0.5, 0.6) is 5.75 Å². The van der Waals surface area contributed by atoms with Gasteiger partial charge in [-0.25, -0.2) is 4.98 Å². The molecule has 1 aromatic carbocycles. The highest BCUT2D eigenvalue weighted by molar-refractivity contribution is 6.01. The molecule has 1 aliphatic rings. The van der Waals surface area contributed by atoms with E-state index >= 15 is 0 Å². The maximum Gasteiger partial charge on any atom is 0.417 e.